The molecular formula is C13H17F3N2OS. The minimum absolute atomic E-state index is 0.0826. The van der Waals surface area contributed by atoms with Gasteiger partial charge in [-0.25, -0.2) is 0 Å². The molecular weight excluding hydrogens is 289 g/mol. The van der Waals surface area contributed by atoms with Crippen molar-refractivity contribution in [3.05, 3.63) is 24.3 Å². The van der Waals surface area contributed by atoms with Gasteiger partial charge in [-0.2, -0.15) is 13.2 Å². The largest absolute Gasteiger partial charge is 0.446 e. The van der Waals surface area contributed by atoms with E-state index in [1.165, 1.54) is 6.07 Å². The van der Waals surface area contributed by atoms with E-state index in [1.54, 1.807) is 12.1 Å². The summed E-state index contributed by atoms with van der Waals surface area (Å²) in [5.74, 6) is 0. The number of alkyl halides is 3. The van der Waals surface area contributed by atoms with Crippen LogP contribution in [-0.2, 0) is 0 Å². The Morgan fingerprint density at radius 2 is 1.85 bits per heavy atom. The SMILES string of the molecule is OCCN1CCN(c2cccc(SC(F)(F)F)c2)CC1. The molecule has 0 atom stereocenters. The standard InChI is InChI=1S/C13H17F3N2OS/c14-13(15,16)20-12-3-1-2-11(10-12)18-6-4-17(5-7-18)8-9-19/h1-3,10,19H,4-9H2. The summed E-state index contributed by atoms with van der Waals surface area (Å²) in [5.41, 5.74) is -3.43. The number of anilines is 1. The predicted molar refractivity (Wildman–Crippen MR) is 74.1 cm³/mol. The molecule has 1 fully saturated rings. The number of hydrogen-bond acceptors (Lipinski definition) is 4. The van der Waals surface area contributed by atoms with E-state index in [9.17, 15) is 13.2 Å². The average molecular weight is 306 g/mol. The first-order valence-electron chi connectivity index (χ1n) is 6.42. The predicted octanol–water partition coefficient (Wildman–Crippen LogP) is 2.41. The molecule has 1 aromatic rings. The van der Waals surface area contributed by atoms with Gasteiger partial charge in [0.1, 0.15) is 0 Å². The maximum Gasteiger partial charge on any atom is 0.446 e. The van der Waals surface area contributed by atoms with Crippen LogP contribution in [0.5, 0.6) is 0 Å². The lowest BCUT2D eigenvalue weighted by atomic mass is 10.2. The van der Waals surface area contributed by atoms with Gasteiger partial charge in [-0.05, 0) is 30.0 Å². The minimum Gasteiger partial charge on any atom is -0.395 e. The molecule has 112 valence electrons. The van der Waals surface area contributed by atoms with Crippen molar-refractivity contribution < 1.29 is 18.3 Å². The van der Waals surface area contributed by atoms with Crippen LogP contribution in [-0.4, -0.2) is 54.8 Å². The average Bonchev–Trinajstić information content (AvgIpc) is 2.38. The zero-order valence-corrected chi connectivity index (χ0v) is 11.8. The van der Waals surface area contributed by atoms with Crippen molar-refractivity contribution in [1.29, 1.82) is 0 Å². The van der Waals surface area contributed by atoms with Crippen LogP contribution in [0.25, 0.3) is 0 Å². The minimum atomic E-state index is -4.25. The number of β-amino-alcohol motifs (C(OH)–C–C–N with tert-alkyl or cyclic N) is 1. The Morgan fingerprint density at radius 1 is 1.15 bits per heavy atom. The van der Waals surface area contributed by atoms with Crippen molar-refractivity contribution in [2.24, 2.45) is 0 Å². The summed E-state index contributed by atoms with van der Waals surface area (Å²) < 4.78 is 37.1. The molecule has 3 nitrogen and oxygen atoms in total. The Kier molecular flexibility index (Phi) is 5.17. The summed E-state index contributed by atoms with van der Waals surface area (Å²) >= 11 is -0.0826. The molecule has 1 heterocycles. The van der Waals surface area contributed by atoms with Crippen LogP contribution in [0.1, 0.15) is 0 Å². The van der Waals surface area contributed by atoms with Crippen LogP contribution in [0.15, 0.2) is 29.2 Å². The number of piperazine rings is 1. The second-order valence-corrected chi connectivity index (χ2v) is 5.74. The molecule has 1 N–H and O–H groups in total. The summed E-state index contributed by atoms with van der Waals surface area (Å²) in [4.78, 5) is 4.44. The number of thioether (sulfide) groups is 1. The number of nitrogens with zero attached hydrogens (tertiary/aromatic N) is 2. The molecule has 1 saturated heterocycles. The number of hydrogen-bond donors (Lipinski definition) is 1. The van der Waals surface area contributed by atoms with Gasteiger partial charge in [-0.15, -0.1) is 0 Å². The molecule has 1 aliphatic heterocycles. The third-order valence-electron chi connectivity index (χ3n) is 3.20. The topological polar surface area (TPSA) is 26.7 Å². The van der Waals surface area contributed by atoms with Crippen molar-refractivity contribution in [3.63, 3.8) is 0 Å². The highest BCUT2D eigenvalue weighted by Gasteiger charge is 2.29. The van der Waals surface area contributed by atoms with Crippen molar-refractivity contribution in [2.45, 2.75) is 10.4 Å². The quantitative estimate of drug-likeness (QED) is 0.864. The normalized spacial score (nSPS) is 17.5. The van der Waals surface area contributed by atoms with Gasteiger partial charge in [0.25, 0.3) is 0 Å². The number of aliphatic hydroxyl groups is 1. The van der Waals surface area contributed by atoms with E-state index >= 15 is 0 Å². The van der Waals surface area contributed by atoms with Gasteiger partial charge in [-0.1, -0.05) is 6.07 Å². The fourth-order valence-corrected chi connectivity index (χ4v) is 2.84. The van der Waals surface area contributed by atoms with E-state index in [1.807, 2.05) is 6.07 Å². The van der Waals surface area contributed by atoms with Crippen molar-refractivity contribution in [1.82, 2.24) is 4.90 Å². The monoisotopic (exact) mass is 306 g/mol. The van der Waals surface area contributed by atoms with Crippen LogP contribution in [0, 0.1) is 0 Å². The van der Waals surface area contributed by atoms with Crippen molar-refractivity contribution in [3.8, 4) is 0 Å². The number of aliphatic hydroxyl groups excluding tert-OH is 1. The van der Waals surface area contributed by atoms with Crippen molar-refractivity contribution >= 4 is 17.4 Å². The molecule has 1 aliphatic rings. The molecule has 0 saturated carbocycles. The summed E-state index contributed by atoms with van der Waals surface area (Å²) in [6, 6.07) is 6.55. The Bertz CT molecular complexity index is 434. The summed E-state index contributed by atoms with van der Waals surface area (Å²) in [6.07, 6.45) is 0. The Morgan fingerprint density at radius 3 is 2.45 bits per heavy atom. The summed E-state index contributed by atoms with van der Waals surface area (Å²) in [7, 11) is 0. The van der Waals surface area contributed by atoms with Gasteiger partial charge >= 0.3 is 5.51 Å². The van der Waals surface area contributed by atoms with Gasteiger partial charge < -0.3 is 10.0 Å². The molecule has 0 aromatic heterocycles. The van der Waals surface area contributed by atoms with Crippen LogP contribution in [0.4, 0.5) is 18.9 Å². The van der Waals surface area contributed by atoms with E-state index in [4.69, 9.17) is 5.11 Å². The molecule has 0 radical (unpaired) electrons. The molecule has 0 bridgehead atoms. The maximum absolute atomic E-state index is 12.4. The third-order valence-corrected chi connectivity index (χ3v) is 3.93. The fourth-order valence-electron chi connectivity index (χ4n) is 2.25. The van der Waals surface area contributed by atoms with Crippen LogP contribution in [0.2, 0.25) is 0 Å². The zero-order chi connectivity index (χ0) is 14.6. The molecule has 7 heteroatoms. The smallest absolute Gasteiger partial charge is 0.395 e. The highest BCUT2D eigenvalue weighted by Crippen LogP contribution is 2.38. The Hall–Kier alpha value is -0.920. The molecule has 1 aromatic carbocycles. The number of benzene rings is 1. The Labute approximate surface area is 120 Å². The van der Waals surface area contributed by atoms with Gasteiger partial charge in [0.05, 0.1) is 6.61 Å². The Balaban J connectivity index is 1.98. The van der Waals surface area contributed by atoms with Crippen LogP contribution in [0.3, 0.4) is 0 Å². The van der Waals surface area contributed by atoms with E-state index in [2.05, 4.69) is 9.80 Å². The van der Waals surface area contributed by atoms with E-state index < -0.39 is 5.51 Å². The second-order valence-electron chi connectivity index (χ2n) is 4.60. The van der Waals surface area contributed by atoms with Gasteiger partial charge in [0.2, 0.25) is 0 Å². The summed E-state index contributed by atoms with van der Waals surface area (Å²) in [6.45, 7) is 3.95. The van der Waals surface area contributed by atoms with Crippen molar-refractivity contribution in [2.75, 3.05) is 44.2 Å². The van der Waals surface area contributed by atoms with Crippen LogP contribution < -0.4 is 4.90 Å². The first-order chi connectivity index (χ1) is 9.48. The van der Waals surface area contributed by atoms with E-state index in [0.29, 0.717) is 6.54 Å². The van der Waals surface area contributed by atoms with Gasteiger partial charge in [0.15, 0.2) is 0 Å². The first-order valence-corrected chi connectivity index (χ1v) is 7.23. The highest BCUT2D eigenvalue weighted by molar-refractivity contribution is 8.00. The lowest BCUT2D eigenvalue weighted by Gasteiger charge is -2.35. The molecule has 20 heavy (non-hydrogen) atoms. The number of halogens is 3. The molecule has 0 unspecified atom stereocenters. The van der Waals surface area contributed by atoms with Gasteiger partial charge in [0, 0.05) is 43.3 Å². The second kappa shape index (κ2) is 6.69. The highest BCUT2D eigenvalue weighted by atomic mass is 32.2. The lowest BCUT2D eigenvalue weighted by Crippen LogP contribution is -2.47. The van der Waals surface area contributed by atoms with E-state index in [0.717, 1.165) is 31.9 Å². The van der Waals surface area contributed by atoms with Gasteiger partial charge in [-0.3, -0.25) is 4.90 Å². The zero-order valence-electron chi connectivity index (χ0n) is 10.9. The summed E-state index contributed by atoms with van der Waals surface area (Å²) in [5, 5.41) is 8.88. The number of rotatable bonds is 4. The molecule has 0 amide bonds. The van der Waals surface area contributed by atoms with Crippen LogP contribution >= 0.6 is 11.8 Å². The molecule has 0 aliphatic carbocycles. The fraction of sp³-hybridized carbons (Fsp3) is 0.538. The lowest BCUT2D eigenvalue weighted by molar-refractivity contribution is -0.0328. The maximum atomic E-state index is 12.4. The first kappa shape index (κ1) is 15.5. The van der Waals surface area contributed by atoms with E-state index in [-0.39, 0.29) is 23.3 Å². The molecule has 2 rings (SSSR count). The molecule has 0 spiro atoms. The third kappa shape index (κ3) is 4.57.